The van der Waals surface area contributed by atoms with Gasteiger partial charge in [0.2, 0.25) is 0 Å². The van der Waals surface area contributed by atoms with E-state index in [-0.39, 0.29) is 11.9 Å². The number of amides is 1. The van der Waals surface area contributed by atoms with Gasteiger partial charge in [0.15, 0.2) is 0 Å². The summed E-state index contributed by atoms with van der Waals surface area (Å²) in [6.45, 7) is 0. The second-order valence-corrected chi connectivity index (χ2v) is 7.53. The fourth-order valence-corrected chi connectivity index (χ4v) is 3.94. The Morgan fingerprint density at radius 3 is 3.11 bits per heavy atom. The summed E-state index contributed by atoms with van der Waals surface area (Å²) in [5.74, 6) is 0.0381. The van der Waals surface area contributed by atoms with Crippen LogP contribution in [0, 0.1) is 2.88 Å². The highest BCUT2D eigenvalue weighted by Crippen LogP contribution is 2.30. The maximum atomic E-state index is 12.2. The average Bonchev–Trinajstić information content (AvgIpc) is 3.07. The highest BCUT2D eigenvalue weighted by molar-refractivity contribution is 14.1. The molecule has 1 amide bonds. The van der Waals surface area contributed by atoms with Crippen LogP contribution in [0.1, 0.15) is 35.7 Å². The SMILES string of the molecule is O=C(NC1CCCC1n1ccnc1)c1csc(I)c1. The molecule has 4 nitrogen and oxygen atoms in total. The normalized spacial score (nSPS) is 22.6. The molecule has 3 rings (SSSR count). The van der Waals surface area contributed by atoms with E-state index in [4.69, 9.17) is 0 Å². The van der Waals surface area contributed by atoms with Crippen molar-refractivity contribution in [2.24, 2.45) is 0 Å². The van der Waals surface area contributed by atoms with Gasteiger partial charge in [0.25, 0.3) is 5.91 Å². The number of rotatable bonds is 3. The lowest BCUT2D eigenvalue weighted by molar-refractivity contribution is 0.0929. The minimum atomic E-state index is 0.0381. The summed E-state index contributed by atoms with van der Waals surface area (Å²) >= 11 is 3.84. The number of nitrogens with zero attached hydrogens (tertiary/aromatic N) is 2. The van der Waals surface area contributed by atoms with E-state index in [1.165, 1.54) is 0 Å². The number of aromatic nitrogens is 2. The largest absolute Gasteiger partial charge is 0.347 e. The molecular formula is C13H14IN3OS. The third-order valence-electron chi connectivity index (χ3n) is 3.53. The fourth-order valence-electron chi connectivity index (χ4n) is 2.61. The van der Waals surface area contributed by atoms with Gasteiger partial charge < -0.3 is 9.88 Å². The van der Waals surface area contributed by atoms with Crippen molar-refractivity contribution in [1.29, 1.82) is 0 Å². The number of nitrogens with one attached hydrogen (secondary N) is 1. The van der Waals surface area contributed by atoms with Gasteiger partial charge in [-0.2, -0.15) is 0 Å². The zero-order valence-electron chi connectivity index (χ0n) is 10.3. The predicted molar refractivity (Wildman–Crippen MR) is 83.4 cm³/mol. The lowest BCUT2D eigenvalue weighted by atomic mass is 10.1. The van der Waals surface area contributed by atoms with Crippen LogP contribution in [-0.2, 0) is 0 Å². The molecule has 2 unspecified atom stereocenters. The zero-order chi connectivity index (χ0) is 13.2. The highest BCUT2D eigenvalue weighted by atomic mass is 127. The third kappa shape index (κ3) is 2.84. The van der Waals surface area contributed by atoms with Crippen LogP contribution in [0.5, 0.6) is 0 Å². The van der Waals surface area contributed by atoms with Crippen LogP contribution >= 0.6 is 33.9 Å². The Bertz CT molecular complexity index is 566. The Morgan fingerprint density at radius 2 is 2.42 bits per heavy atom. The van der Waals surface area contributed by atoms with Crippen molar-refractivity contribution < 1.29 is 4.79 Å². The quantitative estimate of drug-likeness (QED) is 0.823. The summed E-state index contributed by atoms with van der Waals surface area (Å²) in [6, 6.07) is 2.48. The number of halogens is 1. The Morgan fingerprint density at radius 1 is 1.53 bits per heavy atom. The molecule has 2 aromatic heterocycles. The van der Waals surface area contributed by atoms with E-state index in [9.17, 15) is 4.79 Å². The van der Waals surface area contributed by atoms with Crippen molar-refractivity contribution in [2.75, 3.05) is 0 Å². The molecule has 19 heavy (non-hydrogen) atoms. The van der Waals surface area contributed by atoms with Crippen molar-refractivity contribution in [3.63, 3.8) is 0 Å². The smallest absolute Gasteiger partial charge is 0.252 e. The van der Waals surface area contributed by atoms with Gasteiger partial charge in [-0.1, -0.05) is 0 Å². The van der Waals surface area contributed by atoms with Gasteiger partial charge in [-0.15, -0.1) is 11.3 Å². The molecule has 0 saturated heterocycles. The molecule has 1 fully saturated rings. The predicted octanol–water partition coefficient (Wildman–Crippen LogP) is 3.07. The van der Waals surface area contributed by atoms with Crippen molar-refractivity contribution in [3.05, 3.63) is 38.6 Å². The standard InChI is InChI=1S/C13H14IN3OS/c14-12-6-9(7-19-12)13(18)16-10-2-1-3-11(10)17-5-4-15-8-17/h4-8,10-11H,1-3H2,(H,16,18). The van der Waals surface area contributed by atoms with Crippen LogP contribution in [0.25, 0.3) is 0 Å². The number of carbonyl (C=O) groups is 1. The van der Waals surface area contributed by atoms with Gasteiger partial charge in [-0.05, 0) is 47.9 Å². The molecule has 0 aromatic carbocycles. The maximum absolute atomic E-state index is 12.2. The molecule has 1 N–H and O–H groups in total. The van der Waals surface area contributed by atoms with Gasteiger partial charge >= 0.3 is 0 Å². The number of thiophene rings is 1. The third-order valence-corrected chi connectivity index (χ3v) is 5.32. The van der Waals surface area contributed by atoms with Gasteiger partial charge in [0.1, 0.15) is 0 Å². The Hall–Kier alpha value is -0.890. The van der Waals surface area contributed by atoms with Crippen LogP contribution in [0.15, 0.2) is 30.2 Å². The topological polar surface area (TPSA) is 46.9 Å². The Labute approximate surface area is 129 Å². The van der Waals surface area contributed by atoms with E-state index in [1.807, 2.05) is 24.0 Å². The summed E-state index contributed by atoms with van der Waals surface area (Å²) in [4.78, 5) is 16.3. The van der Waals surface area contributed by atoms with Gasteiger partial charge in [-0.3, -0.25) is 4.79 Å². The molecule has 1 aliphatic rings. The first-order valence-corrected chi connectivity index (χ1v) is 8.22. The molecular weight excluding hydrogens is 373 g/mol. The molecule has 0 bridgehead atoms. The van der Waals surface area contributed by atoms with Crippen molar-refractivity contribution in [1.82, 2.24) is 14.9 Å². The van der Waals surface area contributed by atoms with Gasteiger partial charge in [0, 0.05) is 23.8 Å². The molecule has 2 atom stereocenters. The van der Waals surface area contributed by atoms with Crippen molar-refractivity contribution >= 4 is 39.8 Å². The summed E-state index contributed by atoms with van der Waals surface area (Å²) < 4.78 is 3.25. The lowest BCUT2D eigenvalue weighted by Crippen LogP contribution is -2.37. The number of imidazole rings is 1. The summed E-state index contributed by atoms with van der Waals surface area (Å²) in [6.07, 6.45) is 8.89. The summed E-state index contributed by atoms with van der Waals surface area (Å²) in [5.41, 5.74) is 0.769. The number of hydrogen-bond donors (Lipinski definition) is 1. The van der Waals surface area contributed by atoms with Crippen LogP contribution in [0.4, 0.5) is 0 Å². The molecule has 1 saturated carbocycles. The second kappa shape index (κ2) is 5.62. The van der Waals surface area contributed by atoms with E-state index in [0.717, 1.165) is 27.7 Å². The lowest BCUT2D eigenvalue weighted by Gasteiger charge is -2.21. The molecule has 0 radical (unpaired) electrons. The van der Waals surface area contributed by atoms with E-state index in [2.05, 4.69) is 37.5 Å². The van der Waals surface area contributed by atoms with Gasteiger partial charge in [0.05, 0.1) is 20.8 Å². The number of hydrogen-bond acceptors (Lipinski definition) is 3. The summed E-state index contributed by atoms with van der Waals surface area (Å²) in [7, 11) is 0. The van der Waals surface area contributed by atoms with Crippen molar-refractivity contribution in [3.8, 4) is 0 Å². The Balaban J connectivity index is 1.70. The maximum Gasteiger partial charge on any atom is 0.252 e. The minimum absolute atomic E-state index is 0.0381. The van der Waals surface area contributed by atoms with Crippen LogP contribution < -0.4 is 5.32 Å². The van der Waals surface area contributed by atoms with Crippen LogP contribution in [0.3, 0.4) is 0 Å². The van der Waals surface area contributed by atoms with Crippen LogP contribution in [-0.4, -0.2) is 21.5 Å². The van der Waals surface area contributed by atoms with E-state index < -0.39 is 0 Å². The molecule has 2 aromatic rings. The first-order chi connectivity index (χ1) is 9.24. The van der Waals surface area contributed by atoms with Gasteiger partial charge in [-0.25, -0.2) is 4.98 Å². The highest BCUT2D eigenvalue weighted by Gasteiger charge is 2.29. The van der Waals surface area contributed by atoms with E-state index in [0.29, 0.717) is 6.04 Å². The fraction of sp³-hybridized carbons (Fsp3) is 0.385. The molecule has 0 aliphatic heterocycles. The monoisotopic (exact) mass is 387 g/mol. The minimum Gasteiger partial charge on any atom is -0.347 e. The summed E-state index contributed by atoms with van der Waals surface area (Å²) in [5, 5.41) is 5.08. The van der Waals surface area contributed by atoms with Crippen LogP contribution in [0.2, 0.25) is 0 Å². The molecule has 100 valence electrons. The second-order valence-electron chi connectivity index (χ2n) is 4.73. The molecule has 0 spiro atoms. The molecule has 1 aliphatic carbocycles. The number of carbonyl (C=O) groups excluding carboxylic acids is 1. The first kappa shape index (κ1) is 13.1. The van der Waals surface area contributed by atoms with E-state index >= 15 is 0 Å². The molecule has 2 heterocycles. The first-order valence-electron chi connectivity index (χ1n) is 6.26. The molecule has 6 heteroatoms. The van der Waals surface area contributed by atoms with Crippen molar-refractivity contribution in [2.45, 2.75) is 31.3 Å². The zero-order valence-corrected chi connectivity index (χ0v) is 13.2. The Kier molecular flexibility index (Phi) is 3.88. The average molecular weight is 387 g/mol. The van der Waals surface area contributed by atoms with E-state index in [1.54, 1.807) is 17.5 Å².